The van der Waals surface area contributed by atoms with Crippen molar-refractivity contribution < 1.29 is 0 Å². The number of rotatable bonds is 3. The van der Waals surface area contributed by atoms with Crippen LogP contribution in [0.25, 0.3) is 17.1 Å². The van der Waals surface area contributed by atoms with E-state index in [1.165, 1.54) is 0 Å². The average Bonchev–Trinajstić information content (AvgIpc) is 3.05. The highest BCUT2D eigenvalue weighted by Crippen LogP contribution is 2.24. The minimum Gasteiger partial charge on any atom is -0.396 e. The number of halogens is 1. The van der Waals surface area contributed by atoms with Crippen molar-refractivity contribution in [2.45, 2.75) is 13.5 Å². The first-order valence-corrected chi connectivity index (χ1v) is 6.96. The predicted octanol–water partition coefficient (Wildman–Crippen LogP) is 2.50. The lowest BCUT2D eigenvalue weighted by Gasteiger charge is -1.99. The van der Waals surface area contributed by atoms with Crippen LogP contribution in [-0.4, -0.2) is 24.5 Å². The molecule has 0 aliphatic rings. The molecule has 0 amide bonds. The lowest BCUT2D eigenvalue weighted by molar-refractivity contribution is 0.660. The summed E-state index contributed by atoms with van der Waals surface area (Å²) in [5.74, 6) is 0.717. The standard InChI is InChI=1S/C13H13BrN6/c1-2-19-7-9(5-17-19)13-11(15)8-20(18-13)12-4-3-10(14)6-16-12/h3-8H,2,15H2,1H3. The molecule has 0 spiro atoms. The highest BCUT2D eigenvalue weighted by Gasteiger charge is 2.12. The molecule has 6 nitrogen and oxygen atoms in total. The zero-order valence-electron chi connectivity index (χ0n) is 10.9. The zero-order chi connectivity index (χ0) is 14.1. The van der Waals surface area contributed by atoms with Gasteiger partial charge in [0.1, 0.15) is 5.69 Å². The number of nitrogens with two attached hydrogens (primary N) is 1. The van der Waals surface area contributed by atoms with Gasteiger partial charge in [0.15, 0.2) is 5.82 Å². The third-order valence-electron chi connectivity index (χ3n) is 2.92. The number of aromatic nitrogens is 5. The summed E-state index contributed by atoms with van der Waals surface area (Å²) in [6, 6.07) is 3.78. The van der Waals surface area contributed by atoms with E-state index >= 15 is 0 Å². The molecule has 0 atom stereocenters. The first-order valence-electron chi connectivity index (χ1n) is 6.17. The number of hydrogen-bond acceptors (Lipinski definition) is 4. The van der Waals surface area contributed by atoms with E-state index in [1.54, 1.807) is 23.3 Å². The van der Waals surface area contributed by atoms with Gasteiger partial charge in [-0.05, 0) is 35.0 Å². The predicted molar refractivity (Wildman–Crippen MR) is 80.4 cm³/mol. The van der Waals surface area contributed by atoms with Gasteiger partial charge < -0.3 is 5.73 Å². The Kier molecular flexibility index (Phi) is 3.27. The smallest absolute Gasteiger partial charge is 0.153 e. The van der Waals surface area contributed by atoms with Crippen LogP contribution in [0.15, 0.2) is 41.4 Å². The highest BCUT2D eigenvalue weighted by molar-refractivity contribution is 9.10. The number of hydrogen-bond donors (Lipinski definition) is 1. The van der Waals surface area contributed by atoms with Gasteiger partial charge in [0.25, 0.3) is 0 Å². The van der Waals surface area contributed by atoms with Gasteiger partial charge in [-0.3, -0.25) is 4.68 Å². The topological polar surface area (TPSA) is 74.5 Å². The van der Waals surface area contributed by atoms with Crippen LogP contribution in [0.5, 0.6) is 0 Å². The lowest BCUT2D eigenvalue weighted by Crippen LogP contribution is -1.97. The van der Waals surface area contributed by atoms with Crippen molar-refractivity contribution in [2.24, 2.45) is 0 Å². The van der Waals surface area contributed by atoms with Gasteiger partial charge in [0, 0.05) is 29.0 Å². The van der Waals surface area contributed by atoms with Crippen molar-refractivity contribution >= 4 is 21.6 Å². The van der Waals surface area contributed by atoms with Crippen LogP contribution in [0, 0.1) is 0 Å². The first-order chi connectivity index (χ1) is 9.67. The van der Waals surface area contributed by atoms with E-state index in [-0.39, 0.29) is 0 Å². The summed E-state index contributed by atoms with van der Waals surface area (Å²) in [6.07, 6.45) is 7.18. The van der Waals surface area contributed by atoms with E-state index in [0.717, 1.165) is 22.3 Å². The molecular weight excluding hydrogens is 320 g/mol. The molecule has 0 aromatic carbocycles. The highest BCUT2D eigenvalue weighted by atomic mass is 79.9. The maximum Gasteiger partial charge on any atom is 0.153 e. The summed E-state index contributed by atoms with van der Waals surface area (Å²) >= 11 is 3.36. The molecule has 3 rings (SSSR count). The molecule has 3 heterocycles. The summed E-state index contributed by atoms with van der Waals surface area (Å²) in [5.41, 5.74) is 8.26. The number of nitrogens with zero attached hydrogens (tertiary/aromatic N) is 5. The molecule has 3 aromatic rings. The third kappa shape index (κ3) is 2.32. The van der Waals surface area contributed by atoms with Gasteiger partial charge in [-0.2, -0.15) is 10.2 Å². The molecule has 3 aromatic heterocycles. The second-order valence-electron chi connectivity index (χ2n) is 4.30. The first kappa shape index (κ1) is 12.9. The summed E-state index contributed by atoms with van der Waals surface area (Å²) in [4.78, 5) is 4.30. The molecule has 0 aliphatic carbocycles. The molecule has 0 saturated carbocycles. The number of anilines is 1. The fourth-order valence-electron chi connectivity index (χ4n) is 1.89. The molecule has 0 radical (unpaired) electrons. The maximum atomic E-state index is 6.03. The summed E-state index contributed by atoms with van der Waals surface area (Å²) in [5, 5.41) is 8.72. The SMILES string of the molecule is CCn1cc(-c2nn(-c3ccc(Br)cn3)cc2N)cn1. The Bertz CT molecular complexity index is 728. The van der Waals surface area contributed by atoms with Crippen LogP contribution in [0.2, 0.25) is 0 Å². The quantitative estimate of drug-likeness (QED) is 0.799. The molecule has 102 valence electrons. The van der Waals surface area contributed by atoms with Gasteiger partial charge in [0.2, 0.25) is 0 Å². The van der Waals surface area contributed by atoms with Crippen LogP contribution >= 0.6 is 15.9 Å². The Morgan fingerprint density at radius 1 is 1.25 bits per heavy atom. The molecule has 0 saturated heterocycles. The van der Waals surface area contributed by atoms with Crippen molar-refractivity contribution in [2.75, 3.05) is 5.73 Å². The van der Waals surface area contributed by atoms with Gasteiger partial charge in [-0.1, -0.05) is 0 Å². The Hall–Kier alpha value is -2.15. The van der Waals surface area contributed by atoms with E-state index in [2.05, 4.69) is 31.1 Å². The van der Waals surface area contributed by atoms with Crippen molar-refractivity contribution in [1.82, 2.24) is 24.5 Å². The minimum atomic E-state index is 0.602. The summed E-state index contributed by atoms with van der Waals surface area (Å²) < 4.78 is 4.43. The zero-order valence-corrected chi connectivity index (χ0v) is 12.4. The van der Waals surface area contributed by atoms with Crippen LogP contribution in [0.1, 0.15) is 6.92 Å². The van der Waals surface area contributed by atoms with Crippen LogP contribution < -0.4 is 5.73 Å². The number of aryl methyl sites for hydroxylation is 1. The van der Waals surface area contributed by atoms with Gasteiger partial charge in [0.05, 0.1) is 18.1 Å². The molecular formula is C13H13BrN6. The molecule has 0 fully saturated rings. The maximum absolute atomic E-state index is 6.03. The van der Waals surface area contributed by atoms with Gasteiger partial charge >= 0.3 is 0 Å². The number of nitrogen functional groups attached to an aromatic ring is 1. The van der Waals surface area contributed by atoms with Crippen molar-refractivity contribution in [3.63, 3.8) is 0 Å². The molecule has 7 heteroatoms. The Labute approximate surface area is 124 Å². The summed E-state index contributed by atoms with van der Waals surface area (Å²) in [6.45, 7) is 2.85. The normalized spacial score (nSPS) is 10.9. The summed E-state index contributed by atoms with van der Waals surface area (Å²) in [7, 11) is 0. The molecule has 20 heavy (non-hydrogen) atoms. The molecule has 2 N–H and O–H groups in total. The molecule has 0 bridgehead atoms. The molecule has 0 aliphatic heterocycles. The second-order valence-corrected chi connectivity index (χ2v) is 5.21. The minimum absolute atomic E-state index is 0.602. The number of pyridine rings is 1. The average molecular weight is 333 g/mol. The van der Waals surface area contributed by atoms with E-state index in [1.807, 2.05) is 29.9 Å². The Morgan fingerprint density at radius 3 is 2.75 bits per heavy atom. The largest absolute Gasteiger partial charge is 0.396 e. The Morgan fingerprint density at radius 2 is 2.10 bits per heavy atom. The lowest BCUT2D eigenvalue weighted by atomic mass is 10.2. The van der Waals surface area contributed by atoms with Gasteiger partial charge in [-0.15, -0.1) is 0 Å². The molecule has 0 unspecified atom stereocenters. The fourth-order valence-corrected chi connectivity index (χ4v) is 2.13. The van der Waals surface area contributed by atoms with E-state index in [0.29, 0.717) is 11.5 Å². The van der Waals surface area contributed by atoms with Crippen LogP contribution in [0.3, 0.4) is 0 Å². The van der Waals surface area contributed by atoms with Crippen LogP contribution in [0.4, 0.5) is 5.69 Å². The van der Waals surface area contributed by atoms with Crippen molar-refractivity contribution in [3.8, 4) is 17.1 Å². The van der Waals surface area contributed by atoms with E-state index < -0.39 is 0 Å². The van der Waals surface area contributed by atoms with Crippen molar-refractivity contribution in [3.05, 3.63) is 41.4 Å². The van der Waals surface area contributed by atoms with E-state index in [9.17, 15) is 0 Å². The monoisotopic (exact) mass is 332 g/mol. The third-order valence-corrected chi connectivity index (χ3v) is 3.39. The van der Waals surface area contributed by atoms with Crippen molar-refractivity contribution in [1.29, 1.82) is 0 Å². The Balaban J connectivity index is 2.00. The fraction of sp³-hybridized carbons (Fsp3) is 0.154. The second kappa shape index (κ2) is 5.09. The van der Waals surface area contributed by atoms with Gasteiger partial charge in [-0.25, -0.2) is 9.67 Å². The van der Waals surface area contributed by atoms with Crippen LogP contribution in [-0.2, 0) is 6.54 Å². The van der Waals surface area contributed by atoms with E-state index in [4.69, 9.17) is 5.73 Å².